The van der Waals surface area contributed by atoms with Crippen molar-refractivity contribution in [2.75, 3.05) is 13.6 Å². The molecule has 7 heteroatoms. The highest BCUT2D eigenvalue weighted by atomic mass is 32.2. The Labute approximate surface area is 160 Å². The van der Waals surface area contributed by atoms with Crippen LogP contribution >= 0.6 is 0 Å². The average molecular weight is 392 g/mol. The minimum Gasteiger partial charge on any atom is -0.350 e. The maximum atomic E-state index is 13.0. The van der Waals surface area contributed by atoms with Gasteiger partial charge in [-0.2, -0.15) is 0 Å². The van der Waals surface area contributed by atoms with Gasteiger partial charge in [-0.3, -0.25) is 4.79 Å². The van der Waals surface area contributed by atoms with Crippen LogP contribution in [0.4, 0.5) is 4.39 Å². The molecule has 0 heterocycles. The van der Waals surface area contributed by atoms with E-state index in [0.717, 1.165) is 23.3 Å². The van der Waals surface area contributed by atoms with Gasteiger partial charge in [0, 0.05) is 20.0 Å². The van der Waals surface area contributed by atoms with Crippen LogP contribution < -0.4 is 5.32 Å². The number of benzene rings is 2. The summed E-state index contributed by atoms with van der Waals surface area (Å²) in [4.78, 5) is 12.1. The van der Waals surface area contributed by atoms with E-state index in [1.165, 1.54) is 23.5 Å². The molecule has 1 atom stereocenters. The minimum atomic E-state index is -3.69. The number of aryl methyl sites for hydroxylation is 1. The summed E-state index contributed by atoms with van der Waals surface area (Å²) in [5.41, 5.74) is 2.17. The molecule has 2 aromatic rings. The normalized spacial score (nSPS) is 12.8. The predicted octanol–water partition coefficient (Wildman–Crippen LogP) is 3.41. The maximum Gasteiger partial charge on any atom is 0.242 e. The van der Waals surface area contributed by atoms with Gasteiger partial charge in [-0.15, -0.1) is 0 Å². The van der Waals surface area contributed by atoms with Crippen molar-refractivity contribution >= 4 is 15.9 Å². The van der Waals surface area contributed by atoms with E-state index in [9.17, 15) is 17.6 Å². The molecule has 0 aliphatic rings. The number of sulfonamides is 1. The van der Waals surface area contributed by atoms with E-state index in [1.54, 1.807) is 0 Å². The van der Waals surface area contributed by atoms with E-state index >= 15 is 0 Å². The van der Waals surface area contributed by atoms with Gasteiger partial charge < -0.3 is 5.32 Å². The van der Waals surface area contributed by atoms with E-state index in [4.69, 9.17) is 0 Å². The molecule has 1 amide bonds. The Hall–Kier alpha value is -2.25. The lowest BCUT2D eigenvalue weighted by molar-refractivity contribution is -0.121. The molecule has 1 unspecified atom stereocenters. The second-order valence-corrected chi connectivity index (χ2v) is 8.63. The Morgan fingerprint density at radius 2 is 1.70 bits per heavy atom. The summed E-state index contributed by atoms with van der Waals surface area (Å²) in [6.45, 7) is 4.11. The van der Waals surface area contributed by atoms with E-state index in [2.05, 4.69) is 5.32 Å². The quantitative estimate of drug-likeness (QED) is 0.749. The molecule has 0 saturated heterocycles. The Bertz CT molecular complexity index is 865. The van der Waals surface area contributed by atoms with Gasteiger partial charge in [0.25, 0.3) is 0 Å². The van der Waals surface area contributed by atoms with E-state index in [-0.39, 0.29) is 29.8 Å². The topological polar surface area (TPSA) is 66.5 Å². The van der Waals surface area contributed by atoms with Crippen molar-refractivity contribution in [1.82, 2.24) is 9.62 Å². The molecule has 0 aliphatic heterocycles. The number of hydrogen-bond donors (Lipinski definition) is 1. The van der Waals surface area contributed by atoms with Gasteiger partial charge in [-0.05, 0) is 50.1 Å². The minimum absolute atomic E-state index is 0.0313. The molecule has 27 heavy (non-hydrogen) atoms. The summed E-state index contributed by atoms with van der Waals surface area (Å²) in [5, 5.41) is 2.92. The van der Waals surface area contributed by atoms with Gasteiger partial charge in [0.15, 0.2) is 0 Å². The summed E-state index contributed by atoms with van der Waals surface area (Å²) in [6, 6.07) is 12.5. The van der Waals surface area contributed by atoms with Crippen LogP contribution in [0, 0.1) is 12.7 Å². The highest BCUT2D eigenvalue weighted by molar-refractivity contribution is 7.89. The van der Waals surface area contributed by atoms with Crippen molar-refractivity contribution in [3.8, 4) is 0 Å². The smallest absolute Gasteiger partial charge is 0.242 e. The molecule has 5 nitrogen and oxygen atoms in total. The van der Waals surface area contributed by atoms with Crippen LogP contribution in [0.1, 0.15) is 36.9 Å². The van der Waals surface area contributed by atoms with Crippen molar-refractivity contribution in [2.45, 2.75) is 37.6 Å². The number of halogens is 1. The second-order valence-electron chi connectivity index (χ2n) is 6.58. The Kier molecular flexibility index (Phi) is 7.10. The number of carbonyl (C=O) groups is 1. The maximum absolute atomic E-state index is 13.0. The molecule has 2 rings (SSSR count). The fraction of sp³-hybridized carbons (Fsp3) is 0.350. The predicted molar refractivity (Wildman–Crippen MR) is 103 cm³/mol. The fourth-order valence-corrected chi connectivity index (χ4v) is 3.83. The molecule has 0 saturated carbocycles. The lowest BCUT2D eigenvalue weighted by atomic mass is 10.1. The van der Waals surface area contributed by atoms with Crippen molar-refractivity contribution in [1.29, 1.82) is 0 Å². The zero-order valence-corrected chi connectivity index (χ0v) is 16.6. The third-order valence-corrected chi connectivity index (χ3v) is 6.22. The van der Waals surface area contributed by atoms with Gasteiger partial charge in [0.05, 0.1) is 10.9 Å². The van der Waals surface area contributed by atoms with Gasteiger partial charge in [0.2, 0.25) is 15.9 Å². The van der Waals surface area contributed by atoms with Gasteiger partial charge >= 0.3 is 0 Å². The number of amides is 1. The van der Waals surface area contributed by atoms with Crippen molar-refractivity contribution in [2.24, 2.45) is 0 Å². The van der Waals surface area contributed by atoms with E-state index in [1.807, 2.05) is 38.1 Å². The van der Waals surface area contributed by atoms with Crippen LogP contribution in [0.5, 0.6) is 0 Å². The van der Waals surface area contributed by atoms with Crippen molar-refractivity contribution in [3.05, 3.63) is 65.5 Å². The largest absolute Gasteiger partial charge is 0.350 e. The van der Waals surface area contributed by atoms with E-state index < -0.39 is 15.8 Å². The lowest BCUT2D eigenvalue weighted by Crippen LogP contribution is -2.30. The highest BCUT2D eigenvalue weighted by Gasteiger charge is 2.20. The number of nitrogens with zero attached hydrogens (tertiary/aromatic N) is 1. The standard InChI is InChI=1S/C20H25FN2O3S/c1-15-6-8-17(9-7-15)16(2)22-20(24)5-4-14-23(3)27(25,26)19-12-10-18(21)11-13-19/h6-13,16H,4-5,14H2,1-3H3,(H,22,24). The summed E-state index contributed by atoms with van der Waals surface area (Å²) in [7, 11) is -2.24. The van der Waals surface area contributed by atoms with Crippen LogP contribution in [0.15, 0.2) is 53.4 Å². The number of carbonyl (C=O) groups excluding carboxylic acids is 1. The first-order valence-electron chi connectivity index (χ1n) is 8.78. The molecule has 0 radical (unpaired) electrons. The third kappa shape index (κ3) is 5.87. The first-order valence-corrected chi connectivity index (χ1v) is 10.2. The molecular formula is C20H25FN2O3S. The average Bonchev–Trinajstić information content (AvgIpc) is 2.62. The molecule has 0 aromatic heterocycles. The number of rotatable bonds is 8. The van der Waals surface area contributed by atoms with Crippen LogP contribution in [-0.4, -0.2) is 32.2 Å². The summed E-state index contributed by atoms with van der Waals surface area (Å²) >= 11 is 0. The van der Waals surface area contributed by atoms with Crippen molar-refractivity contribution in [3.63, 3.8) is 0 Å². The Balaban J connectivity index is 1.83. The monoisotopic (exact) mass is 392 g/mol. The van der Waals surface area contributed by atoms with Gasteiger partial charge in [-0.1, -0.05) is 29.8 Å². The first-order chi connectivity index (χ1) is 12.7. The third-order valence-electron chi connectivity index (χ3n) is 4.35. The molecular weight excluding hydrogens is 367 g/mol. The Morgan fingerprint density at radius 1 is 1.11 bits per heavy atom. The van der Waals surface area contributed by atoms with Crippen LogP contribution in [-0.2, 0) is 14.8 Å². The van der Waals surface area contributed by atoms with Gasteiger partial charge in [0.1, 0.15) is 5.82 Å². The highest BCUT2D eigenvalue weighted by Crippen LogP contribution is 2.16. The van der Waals surface area contributed by atoms with Crippen LogP contribution in [0.2, 0.25) is 0 Å². The summed E-state index contributed by atoms with van der Waals surface area (Å²) < 4.78 is 39.0. The van der Waals surface area contributed by atoms with E-state index in [0.29, 0.717) is 6.42 Å². The first kappa shape index (κ1) is 21.1. The molecule has 0 spiro atoms. The fourth-order valence-electron chi connectivity index (χ4n) is 2.62. The number of nitrogens with one attached hydrogen (secondary N) is 1. The molecule has 0 aliphatic carbocycles. The molecule has 0 bridgehead atoms. The Morgan fingerprint density at radius 3 is 2.30 bits per heavy atom. The molecule has 2 aromatic carbocycles. The van der Waals surface area contributed by atoms with Crippen LogP contribution in [0.25, 0.3) is 0 Å². The summed E-state index contributed by atoms with van der Waals surface area (Å²) in [6.07, 6.45) is 0.614. The summed E-state index contributed by atoms with van der Waals surface area (Å²) in [5.74, 6) is -0.619. The molecule has 146 valence electrons. The molecule has 1 N–H and O–H groups in total. The van der Waals surface area contributed by atoms with Gasteiger partial charge in [-0.25, -0.2) is 17.1 Å². The lowest BCUT2D eigenvalue weighted by Gasteiger charge is -2.18. The second kappa shape index (κ2) is 9.10. The van der Waals surface area contributed by atoms with Crippen molar-refractivity contribution < 1.29 is 17.6 Å². The zero-order valence-electron chi connectivity index (χ0n) is 15.8. The van der Waals surface area contributed by atoms with Crippen LogP contribution in [0.3, 0.4) is 0 Å². The molecule has 0 fully saturated rings. The number of hydrogen-bond acceptors (Lipinski definition) is 3. The SMILES string of the molecule is Cc1ccc(C(C)NC(=O)CCCN(C)S(=O)(=O)c2ccc(F)cc2)cc1. The zero-order chi connectivity index (χ0) is 20.0.